The Morgan fingerprint density at radius 3 is 2.12 bits per heavy atom. The van der Waals surface area contributed by atoms with Gasteiger partial charge >= 0.3 is 0 Å². The largest absolute Gasteiger partial charge is 0.389 e. The quantitative estimate of drug-likeness (QED) is 0.840. The topological polar surface area (TPSA) is 50.1 Å². The van der Waals surface area contributed by atoms with E-state index in [9.17, 15) is 5.11 Å². The second kappa shape index (κ2) is 4.42. The molecular weight excluding hydrogens is 214 g/mol. The van der Waals surface area contributed by atoms with Gasteiger partial charge in [-0.2, -0.15) is 5.10 Å². The number of aliphatic hydroxyl groups is 1. The maximum absolute atomic E-state index is 10.1. The summed E-state index contributed by atoms with van der Waals surface area (Å²) in [5.74, 6) is 0. The average molecular weight is 239 g/mol. The Morgan fingerprint density at radius 2 is 1.76 bits per heavy atom. The Labute approximate surface area is 104 Å². The van der Waals surface area contributed by atoms with Gasteiger partial charge in [-0.25, -0.2) is 0 Å². The summed E-state index contributed by atoms with van der Waals surface area (Å²) in [6.07, 6.45) is 0. The summed E-state index contributed by atoms with van der Waals surface area (Å²) >= 11 is 0. The summed E-state index contributed by atoms with van der Waals surface area (Å²) in [7, 11) is 1.95. The highest BCUT2D eigenvalue weighted by molar-refractivity contribution is 5.24. The van der Waals surface area contributed by atoms with Crippen molar-refractivity contribution in [2.75, 3.05) is 0 Å². The van der Waals surface area contributed by atoms with Crippen molar-refractivity contribution in [3.63, 3.8) is 0 Å². The van der Waals surface area contributed by atoms with Crippen molar-refractivity contribution >= 4 is 0 Å². The lowest BCUT2D eigenvalue weighted by Gasteiger charge is -2.38. The molecule has 98 valence electrons. The number of aromatic nitrogens is 2. The molecule has 4 nitrogen and oxygen atoms in total. The summed E-state index contributed by atoms with van der Waals surface area (Å²) in [6, 6.07) is 0. The molecule has 0 unspecified atom stereocenters. The second-order valence-corrected chi connectivity index (χ2v) is 5.81. The van der Waals surface area contributed by atoms with E-state index in [0.717, 1.165) is 12.2 Å². The van der Waals surface area contributed by atoms with Gasteiger partial charge in [0, 0.05) is 30.4 Å². The van der Waals surface area contributed by atoms with Gasteiger partial charge in [0.25, 0.3) is 0 Å². The van der Waals surface area contributed by atoms with Gasteiger partial charge in [0.15, 0.2) is 0 Å². The molecule has 0 aliphatic rings. The smallest absolute Gasteiger partial charge is 0.0767 e. The predicted molar refractivity (Wildman–Crippen MR) is 69.9 cm³/mol. The minimum atomic E-state index is -0.767. The summed E-state index contributed by atoms with van der Waals surface area (Å²) < 4.78 is 1.89. The molecule has 4 heteroatoms. The van der Waals surface area contributed by atoms with Gasteiger partial charge < -0.3 is 10.4 Å². The lowest BCUT2D eigenvalue weighted by Crippen LogP contribution is -2.55. The van der Waals surface area contributed by atoms with E-state index in [0.29, 0.717) is 0 Å². The number of hydrogen-bond acceptors (Lipinski definition) is 3. The van der Waals surface area contributed by atoms with Gasteiger partial charge in [-0.3, -0.25) is 4.68 Å². The van der Waals surface area contributed by atoms with E-state index in [4.69, 9.17) is 0 Å². The number of aryl methyl sites for hydroxylation is 2. The third kappa shape index (κ3) is 2.87. The molecule has 0 saturated heterocycles. The Hall–Kier alpha value is -0.870. The van der Waals surface area contributed by atoms with Crippen LogP contribution in [0.3, 0.4) is 0 Å². The van der Waals surface area contributed by atoms with E-state index in [1.807, 2.05) is 46.3 Å². The van der Waals surface area contributed by atoms with E-state index in [2.05, 4.69) is 17.3 Å². The summed E-state index contributed by atoms with van der Waals surface area (Å²) in [5, 5.41) is 17.9. The number of hydrogen-bond donors (Lipinski definition) is 2. The van der Waals surface area contributed by atoms with E-state index in [1.54, 1.807) is 0 Å². The number of nitrogens with zero attached hydrogens (tertiary/aromatic N) is 2. The van der Waals surface area contributed by atoms with Crippen LogP contribution in [0.25, 0.3) is 0 Å². The monoisotopic (exact) mass is 239 g/mol. The van der Waals surface area contributed by atoms with Crippen molar-refractivity contribution in [2.45, 2.75) is 59.2 Å². The third-order valence-corrected chi connectivity index (χ3v) is 3.90. The molecule has 2 N–H and O–H groups in total. The number of rotatable bonds is 4. The van der Waals surface area contributed by atoms with Gasteiger partial charge in [0.05, 0.1) is 11.3 Å². The van der Waals surface area contributed by atoms with Crippen molar-refractivity contribution in [2.24, 2.45) is 7.05 Å². The van der Waals surface area contributed by atoms with E-state index in [-0.39, 0.29) is 5.54 Å². The van der Waals surface area contributed by atoms with Gasteiger partial charge in [-0.15, -0.1) is 0 Å². The zero-order chi connectivity index (χ0) is 13.4. The van der Waals surface area contributed by atoms with Crippen LogP contribution in [-0.2, 0) is 13.6 Å². The summed E-state index contributed by atoms with van der Waals surface area (Å²) in [4.78, 5) is 0. The minimum absolute atomic E-state index is 0.346. The lowest BCUT2D eigenvalue weighted by atomic mass is 9.86. The fraction of sp³-hybridized carbons (Fsp3) is 0.769. The van der Waals surface area contributed by atoms with E-state index in [1.165, 1.54) is 11.3 Å². The molecule has 1 aromatic heterocycles. The molecule has 0 fully saturated rings. The molecule has 0 atom stereocenters. The summed E-state index contributed by atoms with van der Waals surface area (Å²) in [5.41, 5.74) is 2.31. The van der Waals surface area contributed by atoms with Crippen LogP contribution in [-0.4, -0.2) is 26.0 Å². The number of nitrogens with one attached hydrogen (secondary N) is 1. The highest BCUT2D eigenvalue weighted by Crippen LogP contribution is 2.22. The molecule has 0 aliphatic carbocycles. The Kier molecular flexibility index (Phi) is 3.69. The average Bonchev–Trinajstić information content (AvgIpc) is 2.37. The first-order chi connectivity index (χ1) is 7.56. The van der Waals surface area contributed by atoms with Crippen molar-refractivity contribution in [1.82, 2.24) is 15.1 Å². The Bertz CT molecular complexity index is 400. The van der Waals surface area contributed by atoms with Crippen LogP contribution in [0.4, 0.5) is 0 Å². The van der Waals surface area contributed by atoms with Crippen LogP contribution in [0.1, 0.15) is 44.6 Å². The van der Waals surface area contributed by atoms with Crippen molar-refractivity contribution in [1.29, 1.82) is 0 Å². The first-order valence-corrected chi connectivity index (χ1v) is 6.03. The summed E-state index contributed by atoms with van der Waals surface area (Å²) in [6.45, 7) is 12.5. The van der Waals surface area contributed by atoms with Crippen molar-refractivity contribution < 1.29 is 5.11 Å². The highest BCUT2D eigenvalue weighted by Gasteiger charge is 2.34. The maximum Gasteiger partial charge on any atom is 0.0767 e. The zero-order valence-electron chi connectivity index (χ0n) is 12.0. The standard InChI is InChI=1S/C13H25N3O/c1-9-11(10(2)16(7)15-9)8-14-12(3,4)13(5,6)17/h14,17H,8H2,1-7H3. The molecular formula is C13H25N3O. The molecule has 0 bridgehead atoms. The van der Waals surface area contributed by atoms with Gasteiger partial charge in [-0.05, 0) is 41.5 Å². The zero-order valence-corrected chi connectivity index (χ0v) is 12.0. The molecule has 0 saturated carbocycles. The van der Waals surface area contributed by atoms with Crippen molar-refractivity contribution in [3.8, 4) is 0 Å². The second-order valence-electron chi connectivity index (χ2n) is 5.81. The Morgan fingerprint density at radius 1 is 1.24 bits per heavy atom. The van der Waals surface area contributed by atoms with Crippen LogP contribution in [0.5, 0.6) is 0 Å². The molecule has 0 aromatic carbocycles. The van der Waals surface area contributed by atoms with Crippen LogP contribution in [0.15, 0.2) is 0 Å². The highest BCUT2D eigenvalue weighted by atomic mass is 16.3. The fourth-order valence-electron chi connectivity index (χ4n) is 1.60. The molecule has 1 aromatic rings. The molecule has 0 aliphatic heterocycles. The first-order valence-electron chi connectivity index (χ1n) is 6.03. The lowest BCUT2D eigenvalue weighted by molar-refractivity contribution is -0.00536. The molecule has 17 heavy (non-hydrogen) atoms. The molecule has 0 spiro atoms. The van der Waals surface area contributed by atoms with Gasteiger partial charge in [0.1, 0.15) is 0 Å². The van der Waals surface area contributed by atoms with Gasteiger partial charge in [0.2, 0.25) is 0 Å². The van der Waals surface area contributed by atoms with E-state index < -0.39 is 5.60 Å². The van der Waals surface area contributed by atoms with Gasteiger partial charge in [-0.1, -0.05) is 0 Å². The maximum atomic E-state index is 10.1. The van der Waals surface area contributed by atoms with Crippen molar-refractivity contribution in [3.05, 3.63) is 17.0 Å². The molecule has 1 rings (SSSR count). The van der Waals surface area contributed by atoms with Crippen LogP contribution < -0.4 is 5.32 Å². The molecule has 0 amide bonds. The molecule has 0 radical (unpaired) electrons. The van der Waals surface area contributed by atoms with Crippen LogP contribution >= 0.6 is 0 Å². The minimum Gasteiger partial charge on any atom is -0.389 e. The van der Waals surface area contributed by atoms with Crippen LogP contribution in [0.2, 0.25) is 0 Å². The SMILES string of the molecule is Cc1nn(C)c(C)c1CNC(C)(C)C(C)(C)O. The van der Waals surface area contributed by atoms with E-state index >= 15 is 0 Å². The Balaban J connectivity index is 2.81. The molecule has 1 heterocycles. The third-order valence-electron chi connectivity index (χ3n) is 3.90. The normalized spacial score (nSPS) is 13.2. The fourth-order valence-corrected chi connectivity index (χ4v) is 1.60. The van der Waals surface area contributed by atoms with Crippen LogP contribution in [0, 0.1) is 13.8 Å². The predicted octanol–water partition coefficient (Wildman–Crippen LogP) is 1.68. The first kappa shape index (κ1) is 14.2.